The zero-order valence-electron chi connectivity index (χ0n) is 34.9. The summed E-state index contributed by atoms with van der Waals surface area (Å²) in [7, 11) is 0. The summed E-state index contributed by atoms with van der Waals surface area (Å²) in [5.74, 6) is 0.689. The maximum absolute atomic E-state index is 12.6. The maximum atomic E-state index is 12.6. The van der Waals surface area contributed by atoms with Crippen LogP contribution in [0.4, 0.5) is 5.82 Å². The summed E-state index contributed by atoms with van der Waals surface area (Å²) in [5.41, 5.74) is 7.36. The van der Waals surface area contributed by atoms with Gasteiger partial charge in [-0.15, -0.1) is 0 Å². The average Bonchev–Trinajstić information content (AvgIpc) is 4.01. The first-order chi connectivity index (χ1) is 31.0. The van der Waals surface area contributed by atoms with Crippen LogP contribution in [0.2, 0.25) is 5.15 Å². The number of nitrogens with zero attached hydrogens (tertiary/aromatic N) is 9. The smallest absolute Gasteiger partial charge is 0.251 e. The first kappa shape index (κ1) is 42.7. The molecule has 14 nitrogen and oxygen atoms in total. The van der Waals surface area contributed by atoms with E-state index in [0.29, 0.717) is 46.1 Å². The summed E-state index contributed by atoms with van der Waals surface area (Å²) in [5, 5.41) is 9.38. The number of carbonyl (C=O) groups excluding carboxylic acids is 2. The second-order valence-electron chi connectivity index (χ2n) is 15.2. The molecule has 8 aromatic rings. The van der Waals surface area contributed by atoms with Crippen LogP contribution in [-0.2, 0) is 13.1 Å². The highest BCUT2D eigenvalue weighted by Crippen LogP contribution is 2.32. The third-order valence-corrected chi connectivity index (χ3v) is 10.9. The normalized spacial score (nSPS) is 12.9. The molecule has 0 aliphatic carbocycles. The number of carbonyl (C=O) groups is 2. The van der Waals surface area contributed by atoms with Crippen molar-refractivity contribution in [2.24, 2.45) is 0 Å². The Bertz CT molecular complexity index is 2720. The SMILES string of the molecule is C1CNC1.O=C(NCCCn1ccnc1)c1ccc2nc(Cl)c(-c3ccccc3)nc2c1.O=C(NCCCn1ccnc1)c1ccc2nc(N3CCC3)c(-c3ccccc3)nc2c1. The fraction of sp³-hybridized carbons (Fsp3) is 0.250. The minimum absolute atomic E-state index is 0.0950. The molecule has 0 spiro atoms. The van der Waals surface area contributed by atoms with E-state index in [4.69, 9.17) is 21.6 Å². The topological polar surface area (TPSA) is 161 Å². The molecule has 63 heavy (non-hydrogen) atoms. The zero-order valence-corrected chi connectivity index (χ0v) is 35.7. The lowest BCUT2D eigenvalue weighted by molar-refractivity contribution is 0.0944. The molecule has 15 heteroatoms. The monoisotopic (exact) mass is 860 g/mol. The minimum Gasteiger partial charge on any atom is -0.355 e. The summed E-state index contributed by atoms with van der Waals surface area (Å²) in [6.45, 7) is 7.31. The largest absolute Gasteiger partial charge is 0.355 e. The predicted octanol–water partition coefficient (Wildman–Crippen LogP) is 7.47. The van der Waals surface area contributed by atoms with E-state index in [1.165, 1.54) is 25.9 Å². The number of hydrogen-bond acceptors (Lipinski definition) is 10. The molecule has 2 aliphatic rings. The number of rotatable bonds is 13. The Hall–Kier alpha value is -7.03. The number of anilines is 1. The number of fused-ring (bicyclic) bond motifs is 2. The van der Waals surface area contributed by atoms with E-state index in [1.54, 1.807) is 43.2 Å². The molecule has 3 N–H and O–H groups in total. The van der Waals surface area contributed by atoms with Crippen LogP contribution in [0.25, 0.3) is 44.6 Å². The Kier molecular flexibility index (Phi) is 14.3. The van der Waals surface area contributed by atoms with E-state index in [1.807, 2.05) is 88.3 Å². The van der Waals surface area contributed by atoms with Gasteiger partial charge in [0.05, 0.1) is 34.7 Å². The van der Waals surface area contributed by atoms with Crippen LogP contribution in [-0.4, -0.2) is 90.1 Å². The predicted molar refractivity (Wildman–Crippen MR) is 248 cm³/mol. The number of amides is 2. The van der Waals surface area contributed by atoms with Crippen LogP contribution >= 0.6 is 11.6 Å². The second-order valence-corrected chi connectivity index (χ2v) is 15.5. The third-order valence-electron chi connectivity index (χ3n) is 10.6. The number of benzene rings is 4. The fourth-order valence-electron chi connectivity index (χ4n) is 6.82. The molecule has 0 saturated carbocycles. The van der Waals surface area contributed by atoms with Gasteiger partial charge in [0.2, 0.25) is 0 Å². The Labute approximate surface area is 370 Å². The van der Waals surface area contributed by atoms with Crippen LogP contribution in [0.3, 0.4) is 0 Å². The molecule has 4 aromatic heterocycles. The van der Waals surface area contributed by atoms with Crippen molar-refractivity contribution in [2.75, 3.05) is 44.2 Å². The van der Waals surface area contributed by atoms with E-state index >= 15 is 0 Å². The molecule has 0 radical (unpaired) electrons. The highest BCUT2D eigenvalue weighted by atomic mass is 35.5. The van der Waals surface area contributed by atoms with Crippen molar-refractivity contribution >= 4 is 51.3 Å². The highest BCUT2D eigenvalue weighted by molar-refractivity contribution is 6.32. The number of halogens is 1. The van der Waals surface area contributed by atoms with Crippen LogP contribution in [0, 0.1) is 0 Å². The number of nitrogens with one attached hydrogen (secondary N) is 3. The standard InChI is InChI=1S/C24H24N6O.C21H18ClN5O.C3H7N/c31-24(26-10-4-12-29-15-11-25-17-29)19-8-9-20-21(16-19)27-22(18-6-2-1-3-7-18)23(28-20)30-13-5-14-30;22-20-19(15-5-2-1-3-6-15)25-18-13-16(7-8-17(18)26-20)21(28)24-9-4-11-27-12-10-23-14-27;1-2-4-3-1/h1-3,6-9,11,15-17H,4-5,10,12-14H2,(H,26,31);1-3,5-8,10,12-14H,4,9,11H2,(H,24,28);4H,1-3H2. The quantitative estimate of drug-likeness (QED) is 0.0993. The van der Waals surface area contributed by atoms with E-state index in [-0.39, 0.29) is 11.8 Å². The summed E-state index contributed by atoms with van der Waals surface area (Å²) in [4.78, 5) is 54.3. The van der Waals surface area contributed by atoms with Crippen molar-refractivity contribution < 1.29 is 9.59 Å². The van der Waals surface area contributed by atoms with Crippen LogP contribution in [0.15, 0.2) is 135 Å². The summed E-state index contributed by atoms with van der Waals surface area (Å²) in [6.07, 6.45) is 15.1. The van der Waals surface area contributed by atoms with Crippen molar-refractivity contribution in [3.63, 3.8) is 0 Å². The van der Waals surface area contributed by atoms with Crippen LogP contribution in [0.1, 0.15) is 46.4 Å². The van der Waals surface area contributed by atoms with Crippen molar-refractivity contribution in [3.8, 4) is 22.5 Å². The number of hydrogen-bond donors (Lipinski definition) is 3. The van der Waals surface area contributed by atoms with E-state index in [0.717, 1.165) is 72.7 Å². The molecule has 0 bridgehead atoms. The van der Waals surface area contributed by atoms with Gasteiger partial charge in [-0.2, -0.15) is 0 Å². The van der Waals surface area contributed by atoms with Crippen LogP contribution < -0.4 is 20.9 Å². The van der Waals surface area contributed by atoms with Gasteiger partial charge >= 0.3 is 0 Å². The van der Waals surface area contributed by atoms with Crippen molar-refractivity contribution in [1.29, 1.82) is 0 Å². The van der Waals surface area contributed by atoms with Gasteiger partial charge in [0.15, 0.2) is 11.0 Å². The van der Waals surface area contributed by atoms with Gasteiger partial charge < -0.3 is 30.0 Å². The molecule has 320 valence electrons. The summed E-state index contributed by atoms with van der Waals surface area (Å²) < 4.78 is 3.98. The highest BCUT2D eigenvalue weighted by Gasteiger charge is 2.22. The molecule has 0 unspecified atom stereocenters. The molecule has 2 fully saturated rings. The van der Waals surface area contributed by atoms with Gasteiger partial charge in [-0.3, -0.25) is 9.59 Å². The number of imidazole rings is 2. The lowest BCUT2D eigenvalue weighted by Crippen LogP contribution is -2.38. The van der Waals surface area contributed by atoms with Gasteiger partial charge in [0.25, 0.3) is 11.8 Å². The van der Waals surface area contributed by atoms with Crippen molar-refractivity contribution in [2.45, 2.75) is 38.8 Å². The van der Waals surface area contributed by atoms with Crippen LogP contribution in [0.5, 0.6) is 0 Å². The van der Waals surface area contributed by atoms with Gasteiger partial charge in [0, 0.05) is 86.3 Å². The Morgan fingerprint density at radius 3 is 1.56 bits per heavy atom. The summed E-state index contributed by atoms with van der Waals surface area (Å²) in [6, 6.07) is 30.5. The lowest BCUT2D eigenvalue weighted by atomic mass is 10.1. The number of aromatic nitrogens is 8. The first-order valence-electron chi connectivity index (χ1n) is 21.3. The molecule has 4 aromatic carbocycles. The van der Waals surface area contributed by atoms with E-state index in [2.05, 4.69) is 52.9 Å². The molecule has 0 atom stereocenters. The van der Waals surface area contributed by atoms with Gasteiger partial charge in [-0.05, 0) is 75.2 Å². The van der Waals surface area contributed by atoms with E-state index in [9.17, 15) is 9.59 Å². The molecule has 2 saturated heterocycles. The Balaban J connectivity index is 0.000000159. The van der Waals surface area contributed by atoms with Gasteiger partial charge in [-0.1, -0.05) is 72.3 Å². The average molecular weight is 861 g/mol. The Morgan fingerprint density at radius 2 is 1.10 bits per heavy atom. The van der Waals surface area contributed by atoms with Crippen molar-refractivity contribution in [1.82, 2.24) is 55.0 Å². The first-order valence-corrected chi connectivity index (χ1v) is 21.7. The molecule has 6 heterocycles. The molecular weight excluding hydrogens is 812 g/mol. The number of aryl methyl sites for hydroxylation is 2. The van der Waals surface area contributed by atoms with Crippen molar-refractivity contribution in [3.05, 3.63) is 151 Å². The van der Waals surface area contributed by atoms with Gasteiger partial charge in [-0.25, -0.2) is 29.9 Å². The maximum Gasteiger partial charge on any atom is 0.251 e. The molecule has 2 aliphatic heterocycles. The Morgan fingerprint density at radius 1 is 0.603 bits per heavy atom. The molecular formula is C48H49ClN12O2. The minimum atomic E-state index is -0.134. The second kappa shape index (κ2) is 21.2. The molecule has 2 amide bonds. The zero-order chi connectivity index (χ0) is 43.2. The molecule has 10 rings (SSSR count). The third kappa shape index (κ3) is 11.3. The fourth-order valence-corrected chi connectivity index (χ4v) is 7.07. The lowest BCUT2D eigenvalue weighted by Gasteiger charge is -2.33. The van der Waals surface area contributed by atoms with Gasteiger partial charge in [0.1, 0.15) is 11.4 Å². The summed E-state index contributed by atoms with van der Waals surface area (Å²) >= 11 is 6.31. The van der Waals surface area contributed by atoms with E-state index < -0.39 is 0 Å².